The summed E-state index contributed by atoms with van der Waals surface area (Å²) in [6.45, 7) is 3.03. The maximum absolute atomic E-state index is 10.4. The second kappa shape index (κ2) is 3.43. The Morgan fingerprint density at radius 1 is 1.54 bits per heavy atom. The van der Waals surface area contributed by atoms with E-state index in [4.69, 9.17) is 0 Å². The summed E-state index contributed by atoms with van der Waals surface area (Å²) >= 11 is 0. The van der Waals surface area contributed by atoms with E-state index in [1.165, 1.54) is 18.4 Å². The number of hydrogen-bond donors (Lipinski definition) is 2. The van der Waals surface area contributed by atoms with Crippen LogP contribution in [0.1, 0.15) is 39.0 Å². The summed E-state index contributed by atoms with van der Waals surface area (Å²) in [4.78, 5) is 0. The first kappa shape index (κ1) is 9.22. The van der Waals surface area contributed by atoms with Crippen molar-refractivity contribution in [1.82, 2.24) is 5.32 Å². The van der Waals surface area contributed by atoms with E-state index in [1.54, 1.807) is 0 Å². The molecule has 0 unspecified atom stereocenters. The van der Waals surface area contributed by atoms with Gasteiger partial charge in [0, 0.05) is 6.04 Å². The van der Waals surface area contributed by atoms with E-state index in [0.29, 0.717) is 0 Å². The molecule has 1 heterocycles. The number of hydrogen-bond acceptors (Lipinski definition) is 2. The molecule has 0 aromatic rings. The van der Waals surface area contributed by atoms with Gasteiger partial charge in [-0.05, 0) is 51.1 Å². The lowest BCUT2D eigenvalue weighted by atomic mass is 9.86. The highest BCUT2D eigenvalue weighted by Gasteiger charge is 2.37. The molecule has 0 spiro atoms. The van der Waals surface area contributed by atoms with Gasteiger partial charge in [-0.2, -0.15) is 0 Å². The topological polar surface area (TPSA) is 32.3 Å². The van der Waals surface area contributed by atoms with E-state index >= 15 is 0 Å². The molecule has 2 atom stereocenters. The number of rotatable bonds is 2. The zero-order chi connectivity index (χ0) is 9.31. The quantitative estimate of drug-likeness (QED) is 0.634. The molecule has 1 saturated heterocycles. The molecule has 0 aromatic heterocycles. The fourth-order valence-electron chi connectivity index (χ4n) is 2.52. The van der Waals surface area contributed by atoms with Crippen LogP contribution in [0.4, 0.5) is 0 Å². The minimum absolute atomic E-state index is 0.289. The van der Waals surface area contributed by atoms with Gasteiger partial charge in [0.15, 0.2) is 0 Å². The van der Waals surface area contributed by atoms with Crippen LogP contribution in [-0.2, 0) is 0 Å². The van der Waals surface area contributed by atoms with E-state index in [9.17, 15) is 5.11 Å². The summed E-state index contributed by atoms with van der Waals surface area (Å²) in [5.74, 6) is 0. The van der Waals surface area contributed by atoms with Gasteiger partial charge in [0.2, 0.25) is 0 Å². The minimum atomic E-state index is -0.590. The zero-order valence-corrected chi connectivity index (χ0v) is 8.34. The van der Waals surface area contributed by atoms with Gasteiger partial charge in [-0.15, -0.1) is 0 Å². The smallest absolute Gasteiger partial charge is 0.0981 e. The summed E-state index contributed by atoms with van der Waals surface area (Å²) in [5, 5.41) is 13.8. The lowest BCUT2D eigenvalue weighted by molar-refractivity contribution is 0.0600. The molecule has 0 bridgehead atoms. The van der Waals surface area contributed by atoms with Crippen LogP contribution in [0.5, 0.6) is 0 Å². The van der Waals surface area contributed by atoms with E-state index in [0.717, 1.165) is 25.8 Å². The standard InChI is InChI=1S/C11H19NO/c1-11(13,9-5-2-3-6-9)10-7-4-8-12-10/h5,10,12-13H,2-4,6-8H2,1H3/t10-,11+/m0/s1. The molecule has 0 amide bonds. The van der Waals surface area contributed by atoms with Crippen LogP contribution >= 0.6 is 0 Å². The highest BCUT2D eigenvalue weighted by molar-refractivity contribution is 5.22. The molecule has 2 heteroatoms. The summed E-state index contributed by atoms with van der Waals surface area (Å²) < 4.78 is 0. The van der Waals surface area contributed by atoms with Crippen molar-refractivity contribution in [2.75, 3.05) is 6.54 Å². The molecular weight excluding hydrogens is 162 g/mol. The highest BCUT2D eigenvalue weighted by atomic mass is 16.3. The van der Waals surface area contributed by atoms with Crippen molar-refractivity contribution in [2.24, 2.45) is 0 Å². The Morgan fingerprint density at radius 3 is 2.92 bits per heavy atom. The molecule has 0 aromatic carbocycles. The summed E-state index contributed by atoms with van der Waals surface area (Å²) in [6, 6.07) is 0.289. The third kappa shape index (κ3) is 1.65. The van der Waals surface area contributed by atoms with Gasteiger partial charge in [0.05, 0.1) is 5.60 Å². The van der Waals surface area contributed by atoms with Crippen LogP contribution in [0.2, 0.25) is 0 Å². The zero-order valence-electron chi connectivity index (χ0n) is 8.34. The lowest BCUT2D eigenvalue weighted by Crippen LogP contribution is -2.46. The monoisotopic (exact) mass is 181 g/mol. The molecule has 0 saturated carbocycles. The van der Waals surface area contributed by atoms with Gasteiger partial charge in [0.1, 0.15) is 0 Å². The number of aliphatic hydroxyl groups is 1. The van der Waals surface area contributed by atoms with Crippen molar-refractivity contribution in [1.29, 1.82) is 0 Å². The normalized spacial score (nSPS) is 33.1. The largest absolute Gasteiger partial charge is 0.384 e. The second-order valence-electron chi connectivity index (χ2n) is 4.42. The van der Waals surface area contributed by atoms with Crippen LogP contribution in [-0.4, -0.2) is 23.3 Å². The van der Waals surface area contributed by atoms with Crippen LogP contribution in [0.3, 0.4) is 0 Å². The molecule has 0 radical (unpaired) electrons. The number of allylic oxidation sites excluding steroid dienone is 1. The molecule has 74 valence electrons. The summed E-state index contributed by atoms with van der Waals surface area (Å²) in [6.07, 6.45) is 8.00. The third-order valence-electron chi connectivity index (χ3n) is 3.43. The van der Waals surface area contributed by atoms with Gasteiger partial charge >= 0.3 is 0 Å². The second-order valence-corrected chi connectivity index (χ2v) is 4.42. The molecule has 1 aliphatic carbocycles. The third-order valence-corrected chi connectivity index (χ3v) is 3.43. The van der Waals surface area contributed by atoms with E-state index in [-0.39, 0.29) is 6.04 Å². The fraction of sp³-hybridized carbons (Fsp3) is 0.818. The molecule has 2 aliphatic rings. The Labute approximate surface area is 80.0 Å². The van der Waals surface area contributed by atoms with Crippen molar-refractivity contribution in [3.8, 4) is 0 Å². The SMILES string of the molecule is C[C@@](O)(C1=CCCC1)[C@@H]1CCCN1. The van der Waals surface area contributed by atoms with Gasteiger partial charge in [0.25, 0.3) is 0 Å². The average molecular weight is 181 g/mol. The molecule has 2 rings (SSSR count). The van der Waals surface area contributed by atoms with E-state index < -0.39 is 5.60 Å². The first-order chi connectivity index (χ1) is 6.21. The van der Waals surface area contributed by atoms with Gasteiger partial charge in [-0.25, -0.2) is 0 Å². The molecule has 13 heavy (non-hydrogen) atoms. The predicted molar refractivity (Wildman–Crippen MR) is 53.6 cm³/mol. The molecule has 1 aliphatic heterocycles. The van der Waals surface area contributed by atoms with Crippen LogP contribution < -0.4 is 5.32 Å². The highest BCUT2D eigenvalue weighted by Crippen LogP contribution is 2.33. The first-order valence-corrected chi connectivity index (χ1v) is 5.36. The maximum atomic E-state index is 10.4. The molecular formula is C11H19NO. The van der Waals surface area contributed by atoms with Crippen molar-refractivity contribution in [3.05, 3.63) is 11.6 Å². The van der Waals surface area contributed by atoms with Crippen molar-refractivity contribution < 1.29 is 5.11 Å². The maximum Gasteiger partial charge on any atom is 0.0981 e. The first-order valence-electron chi connectivity index (χ1n) is 5.36. The van der Waals surface area contributed by atoms with Crippen molar-refractivity contribution >= 4 is 0 Å². The van der Waals surface area contributed by atoms with Gasteiger partial charge in [-0.1, -0.05) is 6.08 Å². The van der Waals surface area contributed by atoms with Crippen LogP contribution in [0.25, 0.3) is 0 Å². The average Bonchev–Trinajstić information content (AvgIpc) is 2.78. The minimum Gasteiger partial charge on any atom is -0.384 e. The Kier molecular flexibility index (Phi) is 2.43. The molecule has 2 N–H and O–H groups in total. The molecule has 2 nitrogen and oxygen atoms in total. The summed E-state index contributed by atoms with van der Waals surface area (Å²) in [5.41, 5.74) is 0.666. The Bertz CT molecular complexity index is 214. The van der Waals surface area contributed by atoms with Crippen molar-refractivity contribution in [3.63, 3.8) is 0 Å². The van der Waals surface area contributed by atoms with E-state index in [2.05, 4.69) is 11.4 Å². The number of nitrogens with one attached hydrogen (secondary N) is 1. The van der Waals surface area contributed by atoms with Crippen LogP contribution in [0.15, 0.2) is 11.6 Å². The predicted octanol–water partition coefficient (Wildman–Crippen LogP) is 1.60. The van der Waals surface area contributed by atoms with Gasteiger partial charge in [-0.3, -0.25) is 0 Å². The van der Waals surface area contributed by atoms with E-state index in [1.807, 2.05) is 6.92 Å². The summed E-state index contributed by atoms with van der Waals surface area (Å²) in [7, 11) is 0. The van der Waals surface area contributed by atoms with Gasteiger partial charge < -0.3 is 10.4 Å². The Balaban J connectivity index is 2.08. The Morgan fingerprint density at radius 2 is 2.38 bits per heavy atom. The van der Waals surface area contributed by atoms with Crippen molar-refractivity contribution in [2.45, 2.75) is 50.7 Å². The lowest BCUT2D eigenvalue weighted by Gasteiger charge is -2.31. The fourth-order valence-corrected chi connectivity index (χ4v) is 2.52. The molecule has 1 fully saturated rings. The Hall–Kier alpha value is -0.340. The van der Waals surface area contributed by atoms with Crippen LogP contribution in [0, 0.1) is 0 Å².